The smallest absolute Gasteiger partial charge is 0.274 e. The predicted octanol–water partition coefficient (Wildman–Crippen LogP) is 1.11. The molecule has 0 spiro atoms. The fourth-order valence-corrected chi connectivity index (χ4v) is 3.81. The number of phenolic OH excluding ortho intramolecular Hbond substituents is 1. The molecule has 0 saturated carbocycles. The van der Waals surface area contributed by atoms with E-state index in [0.717, 1.165) is 25.9 Å². The molecule has 1 aromatic heterocycles. The Morgan fingerprint density at radius 2 is 1.82 bits per heavy atom. The molecule has 8 heteroatoms. The van der Waals surface area contributed by atoms with E-state index in [0.29, 0.717) is 43.5 Å². The van der Waals surface area contributed by atoms with Crippen molar-refractivity contribution in [2.45, 2.75) is 18.9 Å². The first-order chi connectivity index (χ1) is 13.6. The molecule has 2 amide bonds. The van der Waals surface area contributed by atoms with E-state index in [1.165, 1.54) is 12.1 Å². The third-order valence-corrected chi connectivity index (χ3v) is 5.42. The van der Waals surface area contributed by atoms with Crippen LogP contribution in [0, 0.1) is 0 Å². The van der Waals surface area contributed by atoms with Crippen LogP contribution in [0.2, 0.25) is 0 Å². The van der Waals surface area contributed by atoms with Crippen molar-refractivity contribution in [3.8, 4) is 5.75 Å². The van der Waals surface area contributed by atoms with Gasteiger partial charge < -0.3 is 20.2 Å². The van der Waals surface area contributed by atoms with Crippen molar-refractivity contribution in [1.29, 1.82) is 0 Å². The van der Waals surface area contributed by atoms with Crippen molar-refractivity contribution in [1.82, 2.24) is 24.9 Å². The second-order valence-corrected chi connectivity index (χ2v) is 7.32. The maximum Gasteiger partial charge on any atom is 0.274 e. The van der Waals surface area contributed by atoms with Crippen LogP contribution in [0.3, 0.4) is 0 Å². The van der Waals surface area contributed by atoms with Crippen LogP contribution < -0.4 is 5.32 Å². The van der Waals surface area contributed by atoms with E-state index in [-0.39, 0.29) is 17.6 Å². The number of hydrogen-bond acceptors (Lipinski definition) is 5. The quantitative estimate of drug-likeness (QED) is 0.829. The first kappa shape index (κ1) is 18.5. The summed E-state index contributed by atoms with van der Waals surface area (Å²) in [6.07, 6.45) is 4.06. The second kappa shape index (κ2) is 8.02. The highest BCUT2D eigenvalue weighted by Crippen LogP contribution is 2.18. The van der Waals surface area contributed by atoms with Crippen LogP contribution in [0.4, 0.5) is 0 Å². The van der Waals surface area contributed by atoms with Gasteiger partial charge in [0.25, 0.3) is 11.8 Å². The molecule has 3 heterocycles. The van der Waals surface area contributed by atoms with Crippen LogP contribution in [0.25, 0.3) is 0 Å². The molecule has 2 N–H and O–H groups in total. The lowest BCUT2D eigenvalue weighted by Gasteiger charge is -2.34. The molecule has 1 unspecified atom stereocenters. The van der Waals surface area contributed by atoms with Crippen LogP contribution in [0.5, 0.6) is 5.75 Å². The van der Waals surface area contributed by atoms with Crippen molar-refractivity contribution in [3.63, 3.8) is 0 Å². The number of piperazine rings is 1. The molecule has 2 fully saturated rings. The van der Waals surface area contributed by atoms with Gasteiger partial charge in [0.1, 0.15) is 11.4 Å². The first-order valence-electron chi connectivity index (χ1n) is 9.75. The van der Waals surface area contributed by atoms with Crippen molar-refractivity contribution >= 4 is 11.8 Å². The monoisotopic (exact) mass is 383 g/mol. The SMILES string of the molecule is O=C(c1cccc(O)c1)N1CCN(C(=O)c2ccn(C3CCCNC3)n2)CC1. The van der Waals surface area contributed by atoms with Gasteiger partial charge in [-0.1, -0.05) is 6.07 Å². The zero-order valence-corrected chi connectivity index (χ0v) is 15.8. The molecular weight excluding hydrogens is 358 g/mol. The number of nitrogens with one attached hydrogen (secondary N) is 1. The van der Waals surface area contributed by atoms with E-state index in [9.17, 15) is 14.7 Å². The number of rotatable bonds is 3. The van der Waals surface area contributed by atoms with E-state index in [4.69, 9.17) is 0 Å². The average Bonchev–Trinajstić information content (AvgIpc) is 3.24. The summed E-state index contributed by atoms with van der Waals surface area (Å²) in [7, 11) is 0. The third-order valence-electron chi connectivity index (χ3n) is 5.42. The van der Waals surface area contributed by atoms with Crippen LogP contribution in [-0.2, 0) is 0 Å². The Kier molecular flexibility index (Phi) is 5.29. The molecule has 2 aliphatic rings. The summed E-state index contributed by atoms with van der Waals surface area (Å²) in [6, 6.07) is 8.42. The highest BCUT2D eigenvalue weighted by Gasteiger charge is 2.27. The lowest BCUT2D eigenvalue weighted by atomic mass is 10.1. The number of carbonyl (C=O) groups excluding carboxylic acids is 2. The van der Waals surface area contributed by atoms with Gasteiger partial charge in [0.05, 0.1) is 6.04 Å². The van der Waals surface area contributed by atoms with E-state index >= 15 is 0 Å². The summed E-state index contributed by atoms with van der Waals surface area (Å²) in [5.41, 5.74) is 0.915. The predicted molar refractivity (Wildman–Crippen MR) is 103 cm³/mol. The molecule has 2 saturated heterocycles. The minimum absolute atomic E-state index is 0.0726. The summed E-state index contributed by atoms with van der Waals surface area (Å²) in [5, 5.41) is 17.4. The molecular formula is C20H25N5O3. The second-order valence-electron chi connectivity index (χ2n) is 7.32. The number of hydrogen-bond donors (Lipinski definition) is 2. The lowest BCUT2D eigenvalue weighted by molar-refractivity contribution is 0.0531. The molecule has 0 bridgehead atoms. The van der Waals surface area contributed by atoms with E-state index < -0.39 is 0 Å². The van der Waals surface area contributed by atoms with Crippen molar-refractivity contribution < 1.29 is 14.7 Å². The minimum atomic E-state index is -0.128. The molecule has 148 valence electrons. The summed E-state index contributed by atoms with van der Waals surface area (Å²) in [5.74, 6) is -0.146. The normalized spacial score (nSPS) is 20.2. The number of aromatic hydroxyl groups is 1. The fraction of sp³-hybridized carbons (Fsp3) is 0.450. The molecule has 4 rings (SSSR count). The van der Waals surface area contributed by atoms with E-state index in [2.05, 4.69) is 10.4 Å². The topological polar surface area (TPSA) is 90.7 Å². The Balaban J connectivity index is 1.35. The zero-order chi connectivity index (χ0) is 19.5. The number of amides is 2. The molecule has 0 aliphatic carbocycles. The van der Waals surface area contributed by atoms with Gasteiger partial charge >= 0.3 is 0 Å². The van der Waals surface area contributed by atoms with Gasteiger partial charge in [-0.05, 0) is 43.7 Å². The van der Waals surface area contributed by atoms with Gasteiger partial charge in [0.15, 0.2) is 0 Å². The van der Waals surface area contributed by atoms with Gasteiger partial charge in [-0.2, -0.15) is 5.10 Å². The highest BCUT2D eigenvalue weighted by molar-refractivity contribution is 5.95. The number of phenols is 1. The number of nitrogens with zero attached hydrogens (tertiary/aromatic N) is 4. The molecule has 8 nitrogen and oxygen atoms in total. The summed E-state index contributed by atoms with van der Waals surface area (Å²) in [6.45, 7) is 3.80. The Morgan fingerprint density at radius 1 is 1.07 bits per heavy atom. The Morgan fingerprint density at radius 3 is 2.50 bits per heavy atom. The van der Waals surface area contributed by atoms with Crippen LogP contribution >= 0.6 is 0 Å². The minimum Gasteiger partial charge on any atom is -0.508 e. The van der Waals surface area contributed by atoms with Crippen molar-refractivity contribution in [2.24, 2.45) is 0 Å². The summed E-state index contributed by atoms with van der Waals surface area (Å²) < 4.78 is 1.89. The molecule has 2 aromatic rings. The fourth-order valence-electron chi connectivity index (χ4n) is 3.81. The molecule has 1 aromatic carbocycles. The van der Waals surface area contributed by atoms with Crippen LogP contribution in [0.1, 0.15) is 39.7 Å². The van der Waals surface area contributed by atoms with Gasteiger partial charge in [0, 0.05) is 44.5 Å². The van der Waals surface area contributed by atoms with Gasteiger partial charge in [-0.15, -0.1) is 0 Å². The zero-order valence-electron chi connectivity index (χ0n) is 15.8. The first-order valence-corrected chi connectivity index (χ1v) is 9.75. The largest absolute Gasteiger partial charge is 0.508 e. The van der Waals surface area contributed by atoms with E-state index in [1.54, 1.807) is 28.0 Å². The molecule has 0 radical (unpaired) electrons. The Labute approximate surface area is 163 Å². The van der Waals surface area contributed by atoms with Crippen LogP contribution in [0.15, 0.2) is 36.5 Å². The average molecular weight is 383 g/mol. The summed E-state index contributed by atoms with van der Waals surface area (Å²) >= 11 is 0. The standard InChI is InChI=1S/C20H25N5O3/c26-17-5-1-3-15(13-17)19(27)23-9-11-24(12-10-23)20(28)18-6-8-25(22-18)16-4-2-7-21-14-16/h1,3,5-6,8,13,16,21,26H,2,4,7,9-12,14H2. The van der Waals surface area contributed by atoms with Gasteiger partial charge in [0.2, 0.25) is 0 Å². The third kappa shape index (κ3) is 3.87. The number of piperidine rings is 1. The van der Waals surface area contributed by atoms with Crippen molar-refractivity contribution in [2.75, 3.05) is 39.3 Å². The van der Waals surface area contributed by atoms with Crippen LogP contribution in [-0.4, -0.2) is 75.8 Å². The van der Waals surface area contributed by atoms with E-state index in [1.807, 2.05) is 10.9 Å². The molecule has 1 atom stereocenters. The maximum absolute atomic E-state index is 12.8. The number of carbonyl (C=O) groups is 2. The Hall–Kier alpha value is -2.87. The highest BCUT2D eigenvalue weighted by atomic mass is 16.3. The number of benzene rings is 1. The Bertz CT molecular complexity index is 851. The maximum atomic E-state index is 12.8. The summed E-state index contributed by atoms with van der Waals surface area (Å²) in [4.78, 5) is 28.8. The van der Waals surface area contributed by atoms with Gasteiger partial charge in [-0.25, -0.2) is 0 Å². The molecule has 2 aliphatic heterocycles. The molecule has 28 heavy (non-hydrogen) atoms. The van der Waals surface area contributed by atoms with Crippen molar-refractivity contribution in [3.05, 3.63) is 47.8 Å². The number of aromatic nitrogens is 2. The van der Waals surface area contributed by atoms with Gasteiger partial charge in [-0.3, -0.25) is 14.3 Å². The lowest BCUT2D eigenvalue weighted by Crippen LogP contribution is -2.50.